The van der Waals surface area contributed by atoms with Crippen molar-refractivity contribution >= 4 is 0 Å². The SMILES string of the molecule is Cc1cccnc1-c1ccccc1C(C)(C)F. The Morgan fingerprint density at radius 3 is 2.41 bits per heavy atom. The molecule has 1 aromatic carbocycles. The van der Waals surface area contributed by atoms with Gasteiger partial charge in [-0.05, 0) is 38.0 Å². The molecule has 17 heavy (non-hydrogen) atoms. The smallest absolute Gasteiger partial charge is 0.131 e. The second kappa shape index (κ2) is 4.28. The van der Waals surface area contributed by atoms with E-state index in [0.29, 0.717) is 5.56 Å². The van der Waals surface area contributed by atoms with Gasteiger partial charge in [0.1, 0.15) is 5.67 Å². The van der Waals surface area contributed by atoms with Crippen LogP contribution in [-0.4, -0.2) is 4.98 Å². The van der Waals surface area contributed by atoms with Gasteiger partial charge in [-0.1, -0.05) is 30.3 Å². The number of aromatic nitrogens is 1. The summed E-state index contributed by atoms with van der Waals surface area (Å²) in [6.07, 6.45) is 1.74. The molecule has 1 nitrogen and oxygen atoms in total. The standard InChI is InChI=1S/C15H16FN/c1-11-7-6-10-17-14(11)12-8-4-5-9-13(12)15(2,3)16/h4-10H,1-3H3. The summed E-state index contributed by atoms with van der Waals surface area (Å²) in [7, 11) is 0. The van der Waals surface area contributed by atoms with Gasteiger partial charge in [0.25, 0.3) is 0 Å². The highest BCUT2D eigenvalue weighted by Gasteiger charge is 2.23. The van der Waals surface area contributed by atoms with Crippen LogP contribution in [0.15, 0.2) is 42.6 Å². The van der Waals surface area contributed by atoms with Crippen LogP contribution in [-0.2, 0) is 5.67 Å². The first-order valence-corrected chi connectivity index (χ1v) is 5.70. The first-order chi connectivity index (χ1) is 8.00. The third-order valence-electron chi connectivity index (χ3n) is 2.83. The van der Waals surface area contributed by atoms with Gasteiger partial charge in [0.15, 0.2) is 0 Å². The molecule has 2 heteroatoms. The van der Waals surface area contributed by atoms with Gasteiger partial charge in [-0.2, -0.15) is 0 Å². The lowest BCUT2D eigenvalue weighted by molar-refractivity contribution is 0.222. The van der Waals surface area contributed by atoms with Crippen LogP contribution in [0.1, 0.15) is 25.0 Å². The molecule has 0 aliphatic rings. The largest absolute Gasteiger partial charge is 0.256 e. The van der Waals surface area contributed by atoms with Gasteiger partial charge in [0.05, 0.1) is 5.69 Å². The van der Waals surface area contributed by atoms with E-state index in [0.717, 1.165) is 16.8 Å². The Morgan fingerprint density at radius 1 is 1.06 bits per heavy atom. The lowest BCUT2D eigenvalue weighted by Gasteiger charge is -2.19. The summed E-state index contributed by atoms with van der Waals surface area (Å²) in [5, 5.41) is 0. The summed E-state index contributed by atoms with van der Waals surface area (Å²) in [4.78, 5) is 4.36. The maximum Gasteiger partial charge on any atom is 0.131 e. The van der Waals surface area contributed by atoms with Crippen LogP contribution in [0, 0.1) is 6.92 Å². The molecule has 0 radical (unpaired) electrons. The fourth-order valence-electron chi connectivity index (χ4n) is 1.98. The quantitative estimate of drug-likeness (QED) is 0.749. The number of alkyl halides is 1. The van der Waals surface area contributed by atoms with Crippen molar-refractivity contribution in [2.75, 3.05) is 0 Å². The molecule has 0 fully saturated rings. The topological polar surface area (TPSA) is 12.9 Å². The van der Waals surface area contributed by atoms with E-state index < -0.39 is 5.67 Å². The van der Waals surface area contributed by atoms with Crippen molar-refractivity contribution in [1.29, 1.82) is 0 Å². The number of nitrogens with zero attached hydrogens (tertiary/aromatic N) is 1. The Labute approximate surface area is 101 Å². The first-order valence-electron chi connectivity index (χ1n) is 5.70. The predicted octanol–water partition coefficient (Wildman–Crippen LogP) is 4.26. The third-order valence-corrected chi connectivity index (χ3v) is 2.83. The molecule has 0 N–H and O–H groups in total. The van der Waals surface area contributed by atoms with Gasteiger partial charge in [0.2, 0.25) is 0 Å². The average Bonchev–Trinajstić information content (AvgIpc) is 2.28. The minimum absolute atomic E-state index is 0.682. The molecule has 1 aromatic heterocycles. The summed E-state index contributed by atoms with van der Waals surface area (Å²) < 4.78 is 14.2. The van der Waals surface area contributed by atoms with Crippen molar-refractivity contribution in [2.24, 2.45) is 0 Å². The molecule has 0 aliphatic heterocycles. The Hall–Kier alpha value is -1.70. The minimum atomic E-state index is -1.36. The van der Waals surface area contributed by atoms with Crippen LogP contribution in [0.4, 0.5) is 4.39 Å². The zero-order chi connectivity index (χ0) is 12.5. The normalized spacial score (nSPS) is 11.5. The molecule has 0 saturated carbocycles. The molecule has 0 aliphatic carbocycles. The van der Waals surface area contributed by atoms with Gasteiger partial charge >= 0.3 is 0 Å². The summed E-state index contributed by atoms with van der Waals surface area (Å²) in [5.74, 6) is 0. The third kappa shape index (κ3) is 2.36. The van der Waals surface area contributed by atoms with Gasteiger partial charge in [-0.25, -0.2) is 4.39 Å². The lowest BCUT2D eigenvalue weighted by atomic mass is 9.91. The van der Waals surface area contributed by atoms with Crippen LogP contribution >= 0.6 is 0 Å². The van der Waals surface area contributed by atoms with E-state index in [1.165, 1.54) is 0 Å². The van der Waals surface area contributed by atoms with Crippen molar-refractivity contribution < 1.29 is 4.39 Å². The van der Waals surface area contributed by atoms with Gasteiger partial charge in [0, 0.05) is 11.8 Å². The fourth-order valence-corrected chi connectivity index (χ4v) is 1.98. The zero-order valence-corrected chi connectivity index (χ0v) is 10.4. The van der Waals surface area contributed by atoms with Crippen molar-refractivity contribution in [1.82, 2.24) is 4.98 Å². The summed E-state index contributed by atoms with van der Waals surface area (Å²) in [5.41, 5.74) is 2.11. The molecule has 0 saturated heterocycles. The van der Waals surface area contributed by atoms with E-state index >= 15 is 0 Å². The van der Waals surface area contributed by atoms with Crippen molar-refractivity contribution in [3.63, 3.8) is 0 Å². The molecular formula is C15H16FN. The maximum atomic E-state index is 14.2. The summed E-state index contributed by atoms with van der Waals surface area (Å²) >= 11 is 0. The number of hydrogen-bond donors (Lipinski definition) is 0. The molecule has 88 valence electrons. The van der Waals surface area contributed by atoms with Gasteiger partial charge < -0.3 is 0 Å². The maximum absolute atomic E-state index is 14.2. The predicted molar refractivity (Wildman–Crippen MR) is 68.5 cm³/mol. The minimum Gasteiger partial charge on any atom is -0.256 e. The van der Waals surface area contributed by atoms with E-state index in [1.54, 1.807) is 20.0 Å². The molecule has 2 aromatic rings. The van der Waals surface area contributed by atoms with E-state index in [1.807, 2.05) is 43.3 Å². The van der Waals surface area contributed by atoms with Crippen LogP contribution < -0.4 is 0 Å². The molecular weight excluding hydrogens is 213 g/mol. The van der Waals surface area contributed by atoms with Gasteiger partial charge in [-0.15, -0.1) is 0 Å². The zero-order valence-electron chi connectivity index (χ0n) is 10.4. The Kier molecular flexibility index (Phi) is 2.97. The van der Waals surface area contributed by atoms with Crippen molar-refractivity contribution in [3.05, 3.63) is 53.7 Å². The number of benzene rings is 1. The fraction of sp³-hybridized carbons (Fsp3) is 0.267. The average molecular weight is 229 g/mol. The number of pyridine rings is 1. The van der Waals surface area contributed by atoms with E-state index in [9.17, 15) is 4.39 Å². The highest BCUT2D eigenvalue weighted by atomic mass is 19.1. The Morgan fingerprint density at radius 2 is 1.76 bits per heavy atom. The Balaban J connectivity index is 2.65. The van der Waals surface area contributed by atoms with Crippen molar-refractivity contribution in [3.8, 4) is 11.3 Å². The van der Waals surface area contributed by atoms with Crippen LogP contribution in [0.2, 0.25) is 0 Å². The summed E-state index contributed by atoms with van der Waals surface area (Å²) in [6, 6.07) is 11.4. The number of hydrogen-bond acceptors (Lipinski definition) is 1. The van der Waals surface area contributed by atoms with Crippen LogP contribution in [0.3, 0.4) is 0 Å². The second-order valence-corrected chi connectivity index (χ2v) is 4.69. The van der Waals surface area contributed by atoms with Crippen molar-refractivity contribution in [2.45, 2.75) is 26.4 Å². The molecule has 0 unspecified atom stereocenters. The molecule has 0 spiro atoms. The molecule has 2 rings (SSSR count). The summed E-state index contributed by atoms with van der Waals surface area (Å²) in [6.45, 7) is 5.14. The monoisotopic (exact) mass is 229 g/mol. The van der Waals surface area contributed by atoms with E-state index in [4.69, 9.17) is 0 Å². The van der Waals surface area contributed by atoms with E-state index in [2.05, 4.69) is 4.98 Å². The van der Waals surface area contributed by atoms with Gasteiger partial charge in [-0.3, -0.25) is 4.98 Å². The van der Waals surface area contributed by atoms with E-state index in [-0.39, 0.29) is 0 Å². The highest BCUT2D eigenvalue weighted by Crippen LogP contribution is 2.34. The first kappa shape index (κ1) is 11.8. The molecule has 1 heterocycles. The van der Waals surface area contributed by atoms with Crippen LogP contribution in [0.25, 0.3) is 11.3 Å². The second-order valence-electron chi connectivity index (χ2n) is 4.69. The molecule has 0 atom stereocenters. The number of aryl methyl sites for hydroxylation is 1. The Bertz CT molecular complexity index is 526. The lowest BCUT2D eigenvalue weighted by Crippen LogP contribution is -2.11. The number of halogens is 1. The number of rotatable bonds is 2. The van der Waals surface area contributed by atoms with Crippen LogP contribution in [0.5, 0.6) is 0 Å². The molecule has 0 bridgehead atoms. The highest BCUT2D eigenvalue weighted by molar-refractivity contribution is 5.67. The molecule has 0 amide bonds.